The summed E-state index contributed by atoms with van der Waals surface area (Å²) in [7, 11) is 0. The zero-order valence-corrected chi connectivity index (χ0v) is 10.8. The number of carbonyl (C=O) groups excluding carboxylic acids is 1. The number of hydrogen-bond acceptors (Lipinski definition) is 5. The van der Waals surface area contributed by atoms with E-state index in [2.05, 4.69) is 10.5 Å². The first-order valence-electron chi connectivity index (χ1n) is 6.09. The minimum absolute atomic E-state index is 0.00208. The molecule has 0 aromatic carbocycles. The number of nitrogens with one attached hydrogen (secondary N) is 1. The van der Waals surface area contributed by atoms with Crippen LogP contribution in [0.1, 0.15) is 30.3 Å². The third-order valence-electron chi connectivity index (χ3n) is 2.68. The summed E-state index contributed by atoms with van der Waals surface area (Å²) in [5.41, 5.74) is 0.124. The van der Waals surface area contributed by atoms with E-state index in [0.717, 1.165) is 0 Å². The number of aromatic nitrogens is 1. The van der Waals surface area contributed by atoms with Crippen LogP contribution in [0.4, 0.5) is 0 Å². The van der Waals surface area contributed by atoms with Gasteiger partial charge in [-0.15, -0.1) is 0 Å². The molecular formula is C13H14N2O5. The molecule has 0 aliphatic heterocycles. The van der Waals surface area contributed by atoms with Crippen molar-refractivity contribution in [3.05, 3.63) is 30.2 Å². The van der Waals surface area contributed by atoms with Crippen LogP contribution >= 0.6 is 0 Å². The van der Waals surface area contributed by atoms with Gasteiger partial charge in [-0.1, -0.05) is 5.16 Å². The van der Waals surface area contributed by atoms with Crippen molar-refractivity contribution >= 4 is 11.9 Å². The van der Waals surface area contributed by atoms with E-state index in [1.807, 2.05) is 0 Å². The molecule has 0 bridgehead atoms. The van der Waals surface area contributed by atoms with Gasteiger partial charge in [-0.05, 0) is 25.5 Å². The van der Waals surface area contributed by atoms with Crippen LogP contribution in [0.2, 0.25) is 0 Å². The fraction of sp³-hybridized carbons (Fsp3) is 0.308. The van der Waals surface area contributed by atoms with Crippen LogP contribution in [-0.2, 0) is 4.79 Å². The second-order valence-electron chi connectivity index (χ2n) is 4.36. The summed E-state index contributed by atoms with van der Waals surface area (Å²) in [5, 5.41) is 14.9. The van der Waals surface area contributed by atoms with E-state index in [1.54, 1.807) is 19.1 Å². The number of aliphatic carboxylic acids is 1. The van der Waals surface area contributed by atoms with E-state index < -0.39 is 11.9 Å². The topological polar surface area (TPSA) is 106 Å². The Labute approximate surface area is 114 Å². The quantitative estimate of drug-likeness (QED) is 0.836. The van der Waals surface area contributed by atoms with Crippen LogP contribution in [-0.4, -0.2) is 28.2 Å². The Morgan fingerprint density at radius 2 is 2.25 bits per heavy atom. The van der Waals surface area contributed by atoms with Crippen molar-refractivity contribution in [2.75, 3.05) is 0 Å². The minimum Gasteiger partial charge on any atom is -0.481 e. The fourth-order valence-electron chi connectivity index (χ4n) is 1.63. The van der Waals surface area contributed by atoms with Crippen LogP contribution in [0.5, 0.6) is 0 Å². The number of furan rings is 1. The monoisotopic (exact) mass is 278 g/mol. The highest BCUT2D eigenvalue weighted by molar-refractivity contribution is 5.93. The molecule has 7 heteroatoms. The van der Waals surface area contributed by atoms with Gasteiger partial charge in [0.15, 0.2) is 11.5 Å². The molecular weight excluding hydrogens is 264 g/mol. The van der Waals surface area contributed by atoms with Crippen LogP contribution in [0, 0.1) is 0 Å². The Kier molecular flexibility index (Phi) is 4.19. The summed E-state index contributed by atoms with van der Waals surface area (Å²) in [6.07, 6.45) is 1.84. The van der Waals surface area contributed by atoms with Crippen molar-refractivity contribution in [3.8, 4) is 11.5 Å². The number of carboxylic acid groups (broad SMARTS) is 1. The first-order valence-corrected chi connectivity index (χ1v) is 6.09. The summed E-state index contributed by atoms with van der Waals surface area (Å²) in [6, 6.07) is 4.60. The summed E-state index contributed by atoms with van der Waals surface area (Å²) in [5.74, 6) is -0.467. The molecule has 7 nitrogen and oxygen atoms in total. The Morgan fingerprint density at radius 3 is 2.90 bits per heavy atom. The van der Waals surface area contributed by atoms with Gasteiger partial charge < -0.3 is 19.4 Å². The number of carbonyl (C=O) groups is 2. The highest BCUT2D eigenvalue weighted by Gasteiger charge is 2.17. The van der Waals surface area contributed by atoms with Crippen LogP contribution in [0.3, 0.4) is 0 Å². The maximum atomic E-state index is 11.9. The number of hydrogen-bond donors (Lipinski definition) is 2. The fourth-order valence-corrected chi connectivity index (χ4v) is 1.63. The van der Waals surface area contributed by atoms with Gasteiger partial charge in [0, 0.05) is 18.5 Å². The van der Waals surface area contributed by atoms with Crippen molar-refractivity contribution in [1.29, 1.82) is 0 Å². The SMILES string of the molecule is CC(CCC(=O)O)NC(=O)c1cc(-c2ccco2)on1. The third-order valence-corrected chi connectivity index (χ3v) is 2.68. The molecule has 0 saturated carbocycles. The van der Waals surface area contributed by atoms with Crippen molar-refractivity contribution in [1.82, 2.24) is 10.5 Å². The second-order valence-corrected chi connectivity index (χ2v) is 4.36. The number of rotatable bonds is 6. The summed E-state index contributed by atoms with van der Waals surface area (Å²) in [4.78, 5) is 22.3. The lowest BCUT2D eigenvalue weighted by Gasteiger charge is -2.10. The van der Waals surface area contributed by atoms with Gasteiger partial charge in [0.1, 0.15) is 0 Å². The maximum Gasteiger partial charge on any atom is 0.303 e. The molecule has 2 N–H and O–H groups in total. The molecule has 1 atom stereocenters. The highest BCUT2D eigenvalue weighted by atomic mass is 16.5. The van der Waals surface area contributed by atoms with E-state index in [0.29, 0.717) is 17.9 Å². The van der Waals surface area contributed by atoms with Gasteiger partial charge in [-0.25, -0.2) is 0 Å². The van der Waals surface area contributed by atoms with Crippen LogP contribution in [0.15, 0.2) is 33.4 Å². The Hall–Kier alpha value is -2.57. The number of amides is 1. The average Bonchev–Trinajstić information content (AvgIpc) is 3.06. The summed E-state index contributed by atoms with van der Waals surface area (Å²) >= 11 is 0. The summed E-state index contributed by atoms with van der Waals surface area (Å²) in [6.45, 7) is 1.73. The predicted octanol–water partition coefficient (Wildman–Crippen LogP) is 1.92. The van der Waals surface area contributed by atoms with E-state index in [9.17, 15) is 9.59 Å². The molecule has 0 fully saturated rings. The van der Waals surface area contributed by atoms with Crippen LogP contribution < -0.4 is 5.32 Å². The molecule has 1 amide bonds. The first kappa shape index (κ1) is 13.9. The number of nitrogens with zero attached hydrogens (tertiary/aromatic N) is 1. The minimum atomic E-state index is -0.896. The van der Waals surface area contributed by atoms with Gasteiger partial charge in [0.05, 0.1) is 6.26 Å². The van der Waals surface area contributed by atoms with E-state index in [1.165, 1.54) is 12.3 Å². The molecule has 2 aromatic rings. The zero-order valence-electron chi connectivity index (χ0n) is 10.8. The van der Waals surface area contributed by atoms with E-state index in [-0.39, 0.29) is 18.2 Å². The Bertz CT molecular complexity index is 588. The lowest BCUT2D eigenvalue weighted by Crippen LogP contribution is -2.33. The van der Waals surface area contributed by atoms with Gasteiger partial charge in [0.2, 0.25) is 5.76 Å². The standard InChI is InChI=1S/C13H14N2O5/c1-8(4-5-12(16)17)14-13(18)9-7-11(20-15-9)10-3-2-6-19-10/h2-3,6-8H,4-5H2,1H3,(H,14,18)(H,16,17). The molecule has 1 unspecified atom stereocenters. The zero-order chi connectivity index (χ0) is 14.5. The molecule has 0 radical (unpaired) electrons. The largest absolute Gasteiger partial charge is 0.481 e. The smallest absolute Gasteiger partial charge is 0.303 e. The van der Waals surface area contributed by atoms with Crippen molar-refractivity contribution < 1.29 is 23.6 Å². The van der Waals surface area contributed by atoms with E-state index >= 15 is 0 Å². The number of carboxylic acids is 1. The molecule has 20 heavy (non-hydrogen) atoms. The van der Waals surface area contributed by atoms with Gasteiger partial charge in [-0.3, -0.25) is 9.59 Å². The highest BCUT2D eigenvalue weighted by Crippen LogP contribution is 2.20. The Balaban J connectivity index is 1.94. The molecule has 0 aliphatic carbocycles. The average molecular weight is 278 g/mol. The molecule has 2 aromatic heterocycles. The lowest BCUT2D eigenvalue weighted by molar-refractivity contribution is -0.137. The predicted molar refractivity (Wildman–Crippen MR) is 68.0 cm³/mol. The molecule has 0 saturated heterocycles. The van der Waals surface area contributed by atoms with Gasteiger partial charge in [-0.2, -0.15) is 0 Å². The molecule has 0 spiro atoms. The maximum absolute atomic E-state index is 11.9. The van der Waals surface area contributed by atoms with Crippen LogP contribution in [0.25, 0.3) is 11.5 Å². The summed E-state index contributed by atoms with van der Waals surface area (Å²) < 4.78 is 10.1. The molecule has 106 valence electrons. The first-order chi connectivity index (χ1) is 9.56. The molecule has 2 rings (SSSR count). The Morgan fingerprint density at radius 1 is 1.45 bits per heavy atom. The molecule has 2 heterocycles. The third kappa shape index (κ3) is 3.47. The van der Waals surface area contributed by atoms with Gasteiger partial charge >= 0.3 is 5.97 Å². The van der Waals surface area contributed by atoms with Crippen molar-refractivity contribution in [2.45, 2.75) is 25.8 Å². The van der Waals surface area contributed by atoms with Crippen molar-refractivity contribution in [2.24, 2.45) is 0 Å². The second kappa shape index (κ2) is 6.05. The van der Waals surface area contributed by atoms with Gasteiger partial charge in [0.25, 0.3) is 5.91 Å². The molecule has 0 aliphatic rings. The van der Waals surface area contributed by atoms with E-state index in [4.69, 9.17) is 14.0 Å². The normalized spacial score (nSPS) is 12.1. The lowest BCUT2D eigenvalue weighted by atomic mass is 10.2. The van der Waals surface area contributed by atoms with Crippen molar-refractivity contribution in [3.63, 3.8) is 0 Å².